The highest BCUT2D eigenvalue weighted by atomic mass is 32.1. The van der Waals surface area contributed by atoms with Gasteiger partial charge in [-0.25, -0.2) is 4.98 Å². The molecule has 100 valence electrons. The van der Waals surface area contributed by atoms with Gasteiger partial charge in [0, 0.05) is 35.7 Å². The maximum atomic E-state index is 5.87. The predicted molar refractivity (Wildman–Crippen MR) is 73.8 cm³/mol. The minimum absolute atomic E-state index is 0.461. The molecule has 0 bridgehead atoms. The van der Waals surface area contributed by atoms with E-state index in [1.807, 2.05) is 0 Å². The van der Waals surface area contributed by atoms with Crippen LogP contribution >= 0.6 is 11.3 Å². The van der Waals surface area contributed by atoms with Crippen molar-refractivity contribution in [1.82, 2.24) is 10.3 Å². The fourth-order valence-electron chi connectivity index (χ4n) is 3.42. The number of aryl methyl sites for hydroxylation is 1. The maximum absolute atomic E-state index is 5.87. The Hall–Kier alpha value is -0.450. The first-order valence-electron chi connectivity index (χ1n) is 7.00. The molecule has 3 rings (SSSR count). The van der Waals surface area contributed by atoms with Crippen LogP contribution in [0.2, 0.25) is 0 Å². The van der Waals surface area contributed by atoms with Crippen molar-refractivity contribution in [2.75, 3.05) is 6.61 Å². The molecule has 18 heavy (non-hydrogen) atoms. The van der Waals surface area contributed by atoms with E-state index in [1.54, 1.807) is 11.3 Å². The molecule has 2 atom stereocenters. The molecule has 0 amide bonds. The second-order valence-electron chi connectivity index (χ2n) is 5.58. The summed E-state index contributed by atoms with van der Waals surface area (Å²) in [7, 11) is 0. The lowest BCUT2D eigenvalue weighted by Gasteiger charge is -2.61. The number of hydrogen-bond donors (Lipinski definition) is 1. The molecule has 0 saturated heterocycles. The molecule has 2 fully saturated rings. The SMILES string of the molecule is CCOC1CC(NCc2nc(C)cs2)C12CCC2. The lowest BCUT2D eigenvalue weighted by molar-refractivity contribution is -0.173. The van der Waals surface area contributed by atoms with Crippen LogP contribution in [0.25, 0.3) is 0 Å². The van der Waals surface area contributed by atoms with Gasteiger partial charge in [-0.1, -0.05) is 6.42 Å². The molecule has 1 aromatic rings. The Morgan fingerprint density at radius 1 is 1.56 bits per heavy atom. The third kappa shape index (κ3) is 2.00. The fraction of sp³-hybridized carbons (Fsp3) is 0.786. The van der Waals surface area contributed by atoms with Gasteiger partial charge in [-0.2, -0.15) is 0 Å². The molecule has 0 radical (unpaired) electrons. The number of thiazole rings is 1. The zero-order valence-electron chi connectivity index (χ0n) is 11.2. The first-order chi connectivity index (χ1) is 8.74. The van der Waals surface area contributed by atoms with Crippen molar-refractivity contribution in [2.24, 2.45) is 5.41 Å². The highest BCUT2D eigenvalue weighted by molar-refractivity contribution is 7.09. The van der Waals surface area contributed by atoms with Crippen LogP contribution < -0.4 is 5.32 Å². The maximum Gasteiger partial charge on any atom is 0.107 e. The zero-order chi connectivity index (χ0) is 12.6. The van der Waals surface area contributed by atoms with Crippen LogP contribution in [0.3, 0.4) is 0 Å². The summed E-state index contributed by atoms with van der Waals surface area (Å²) >= 11 is 1.76. The minimum Gasteiger partial charge on any atom is -0.378 e. The van der Waals surface area contributed by atoms with Gasteiger partial charge in [-0.3, -0.25) is 0 Å². The van der Waals surface area contributed by atoms with Crippen LogP contribution in [-0.2, 0) is 11.3 Å². The van der Waals surface area contributed by atoms with E-state index in [1.165, 1.54) is 30.7 Å². The van der Waals surface area contributed by atoms with Gasteiger partial charge in [0.25, 0.3) is 0 Å². The zero-order valence-corrected chi connectivity index (χ0v) is 12.1. The Morgan fingerprint density at radius 2 is 2.39 bits per heavy atom. The first kappa shape index (κ1) is 12.6. The quantitative estimate of drug-likeness (QED) is 0.890. The Balaban J connectivity index is 1.55. The average molecular weight is 266 g/mol. The molecule has 3 nitrogen and oxygen atoms in total. The van der Waals surface area contributed by atoms with Gasteiger partial charge in [-0.05, 0) is 33.1 Å². The standard InChI is InChI=1S/C14H22N2OS/c1-3-17-12-7-11(14(12)5-4-6-14)15-8-13-16-10(2)9-18-13/h9,11-12,15H,3-8H2,1-2H3. The number of aromatic nitrogens is 1. The van der Waals surface area contributed by atoms with Crippen LogP contribution in [0.4, 0.5) is 0 Å². The van der Waals surface area contributed by atoms with Crippen molar-refractivity contribution in [2.45, 2.75) is 58.2 Å². The normalized spacial score (nSPS) is 29.0. The molecular formula is C14H22N2OS. The van der Waals surface area contributed by atoms with Crippen molar-refractivity contribution in [3.63, 3.8) is 0 Å². The topological polar surface area (TPSA) is 34.1 Å². The van der Waals surface area contributed by atoms with Crippen LogP contribution in [-0.4, -0.2) is 23.7 Å². The largest absolute Gasteiger partial charge is 0.378 e. The Morgan fingerprint density at radius 3 is 2.94 bits per heavy atom. The lowest BCUT2D eigenvalue weighted by atomic mass is 9.51. The summed E-state index contributed by atoms with van der Waals surface area (Å²) in [5.74, 6) is 0. The van der Waals surface area contributed by atoms with Crippen LogP contribution in [0, 0.1) is 12.3 Å². The molecule has 1 spiro atoms. The average Bonchev–Trinajstić information content (AvgIpc) is 2.66. The monoisotopic (exact) mass is 266 g/mol. The molecule has 0 aliphatic heterocycles. The minimum atomic E-state index is 0.461. The predicted octanol–water partition coefficient (Wildman–Crippen LogP) is 2.89. The van der Waals surface area contributed by atoms with E-state index in [0.29, 0.717) is 17.6 Å². The number of nitrogens with zero attached hydrogens (tertiary/aromatic N) is 1. The van der Waals surface area contributed by atoms with E-state index >= 15 is 0 Å². The van der Waals surface area contributed by atoms with E-state index in [9.17, 15) is 0 Å². The van der Waals surface area contributed by atoms with Crippen LogP contribution in [0.15, 0.2) is 5.38 Å². The molecule has 2 unspecified atom stereocenters. The Labute approximate surface area is 113 Å². The summed E-state index contributed by atoms with van der Waals surface area (Å²) in [5.41, 5.74) is 1.60. The number of rotatable bonds is 5. The highest BCUT2D eigenvalue weighted by Crippen LogP contribution is 2.57. The van der Waals surface area contributed by atoms with Crippen LogP contribution in [0.5, 0.6) is 0 Å². The number of nitrogens with one attached hydrogen (secondary N) is 1. The third-order valence-electron chi connectivity index (χ3n) is 4.60. The number of ether oxygens (including phenoxy) is 1. The summed E-state index contributed by atoms with van der Waals surface area (Å²) in [4.78, 5) is 4.51. The Bertz CT molecular complexity index is 414. The molecule has 1 aromatic heterocycles. The second kappa shape index (κ2) is 4.91. The number of hydrogen-bond acceptors (Lipinski definition) is 4. The van der Waals surface area contributed by atoms with E-state index in [4.69, 9.17) is 4.74 Å². The lowest BCUT2D eigenvalue weighted by Crippen LogP contribution is -2.66. The van der Waals surface area contributed by atoms with Crippen molar-refractivity contribution >= 4 is 11.3 Å². The van der Waals surface area contributed by atoms with Gasteiger partial charge in [-0.15, -0.1) is 11.3 Å². The molecule has 0 aromatic carbocycles. The van der Waals surface area contributed by atoms with Gasteiger partial charge in [0.2, 0.25) is 0 Å². The first-order valence-corrected chi connectivity index (χ1v) is 7.88. The molecule has 2 saturated carbocycles. The van der Waals surface area contributed by atoms with E-state index in [0.717, 1.165) is 18.8 Å². The van der Waals surface area contributed by atoms with Gasteiger partial charge >= 0.3 is 0 Å². The van der Waals surface area contributed by atoms with Crippen molar-refractivity contribution in [3.05, 3.63) is 16.1 Å². The smallest absolute Gasteiger partial charge is 0.107 e. The highest BCUT2D eigenvalue weighted by Gasteiger charge is 2.58. The summed E-state index contributed by atoms with van der Waals surface area (Å²) in [6, 6.07) is 0.645. The molecule has 2 aliphatic carbocycles. The molecule has 4 heteroatoms. The van der Waals surface area contributed by atoms with Crippen molar-refractivity contribution in [3.8, 4) is 0 Å². The van der Waals surface area contributed by atoms with Gasteiger partial charge in [0.1, 0.15) is 5.01 Å². The Kier molecular flexibility index (Phi) is 3.43. The van der Waals surface area contributed by atoms with E-state index in [-0.39, 0.29) is 0 Å². The summed E-state index contributed by atoms with van der Waals surface area (Å²) in [6.07, 6.45) is 5.74. The van der Waals surface area contributed by atoms with E-state index < -0.39 is 0 Å². The molecule has 2 aliphatic rings. The molecule has 1 heterocycles. The fourth-order valence-corrected chi connectivity index (χ4v) is 4.14. The van der Waals surface area contributed by atoms with Gasteiger partial charge in [0.05, 0.1) is 6.10 Å². The summed E-state index contributed by atoms with van der Waals surface area (Å²) in [5, 5.41) is 7.03. The van der Waals surface area contributed by atoms with E-state index in [2.05, 4.69) is 29.5 Å². The van der Waals surface area contributed by atoms with Gasteiger partial charge in [0.15, 0.2) is 0 Å². The molecular weight excluding hydrogens is 244 g/mol. The third-order valence-corrected chi connectivity index (χ3v) is 5.57. The second-order valence-corrected chi connectivity index (χ2v) is 6.53. The van der Waals surface area contributed by atoms with Crippen molar-refractivity contribution in [1.29, 1.82) is 0 Å². The molecule has 1 N–H and O–H groups in total. The van der Waals surface area contributed by atoms with Crippen LogP contribution in [0.1, 0.15) is 43.3 Å². The summed E-state index contributed by atoms with van der Waals surface area (Å²) < 4.78 is 5.87. The van der Waals surface area contributed by atoms with Crippen molar-refractivity contribution < 1.29 is 4.74 Å². The summed E-state index contributed by atoms with van der Waals surface area (Å²) in [6.45, 7) is 5.93. The van der Waals surface area contributed by atoms with Gasteiger partial charge < -0.3 is 10.1 Å².